The van der Waals surface area contributed by atoms with Gasteiger partial charge in [-0.1, -0.05) is 49.6 Å². The summed E-state index contributed by atoms with van der Waals surface area (Å²) in [4.78, 5) is 60.2. The molecule has 5 rings (SSSR count). The van der Waals surface area contributed by atoms with E-state index < -0.39 is 5.41 Å². The lowest BCUT2D eigenvalue weighted by atomic mass is 9.67. The standard InChI is InChI=1S/C50H69N7O5/c1-35-32-43(36(2)54-47(35)51)42-17-8-9-19-46(42)62-34-38-20-22-40(23-21-38)53-37(3)44(18-10-13-29-56(4)5)55-49(61)50(26-15-27-50)48(60)52-28-11-7-12-30-57(6)31-14-16-39-33-41(58)24-25-45(39)59/h8-9,17,19-25,32-33,37,44,53H,7,10-16,18,26-31,34H2,1-6H3,(H2,51,54)(H,52,60)(H,55,61). The Balaban J connectivity index is 1.09. The van der Waals surface area contributed by atoms with Crippen molar-refractivity contribution in [2.75, 3.05) is 58.4 Å². The number of rotatable bonds is 25. The minimum absolute atomic E-state index is 0.0729. The van der Waals surface area contributed by atoms with Crippen LogP contribution < -0.4 is 26.4 Å². The average Bonchev–Trinajstić information content (AvgIpc) is 3.22. The molecule has 1 heterocycles. The van der Waals surface area contributed by atoms with Gasteiger partial charge < -0.3 is 36.2 Å². The first kappa shape index (κ1) is 47.7. The maximum Gasteiger partial charge on any atom is 0.235 e. The minimum atomic E-state index is -1.03. The highest BCUT2D eigenvalue weighted by molar-refractivity contribution is 6.17. The van der Waals surface area contributed by atoms with E-state index in [1.807, 2.05) is 50.2 Å². The van der Waals surface area contributed by atoms with Gasteiger partial charge in [0, 0.05) is 46.7 Å². The second-order valence-electron chi connectivity index (χ2n) is 17.5. The van der Waals surface area contributed by atoms with Crippen LogP contribution in [0.1, 0.15) is 94.4 Å². The number of carbonyl (C=O) groups is 4. The first-order valence-corrected chi connectivity index (χ1v) is 22.5. The van der Waals surface area contributed by atoms with Crippen LogP contribution in [0.2, 0.25) is 0 Å². The smallest absolute Gasteiger partial charge is 0.235 e. The normalized spacial score (nSPS) is 15.5. The Labute approximate surface area is 369 Å². The van der Waals surface area contributed by atoms with Crippen LogP contribution in [0, 0.1) is 19.3 Å². The van der Waals surface area contributed by atoms with Crippen molar-refractivity contribution in [2.45, 2.75) is 110 Å². The molecule has 2 aliphatic carbocycles. The molecule has 2 amide bonds. The number of aromatic nitrogens is 1. The molecule has 0 spiro atoms. The molecule has 12 heteroatoms. The monoisotopic (exact) mass is 848 g/mol. The number of anilines is 2. The van der Waals surface area contributed by atoms with E-state index in [0.717, 1.165) is 110 Å². The summed E-state index contributed by atoms with van der Waals surface area (Å²) in [5, 5.41) is 10.1. The number of allylic oxidation sites excluding steroid dienone is 4. The predicted octanol–water partition coefficient (Wildman–Crippen LogP) is 7.35. The number of aryl methyl sites for hydroxylation is 2. The number of benzene rings is 2. The summed E-state index contributed by atoms with van der Waals surface area (Å²) in [6.07, 6.45) is 13.0. The first-order chi connectivity index (χ1) is 29.7. The van der Waals surface area contributed by atoms with Gasteiger partial charge in [-0.15, -0.1) is 0 Å². The Kier molecular flexibility index (Phi) is 17.9. The van der Waals surface area contributed by atoms with E-state index in [2.05, 4.69) is 77.0 Å². The van der Waals surface area contributed by atoms with Gasteiger partial charge in [0.2, 0.25) is 11.8 Å². The summed E-state index contributed by atoms with van der Waals surface area (Å²) < 4.78 is 6.34. The Morgan fingerprint density at radius 1 is 0.871 bits per heavy atom. The minimum Gasteiger partial charge on any atom is -0.488 e. The Morgan fingerprint density at radius 3 is 2.32 bits per heavy atom. The number of hydrogen-bond donors (Lipinski definition) is 4. The van der Waals surface area contributed by atoms with Crippen molar-refractivity contribution < 1.29 is 23.9 Å². The molecule has 2 unspecified atom stereocenters. The number of nitrogen functional groups attached to an aromatic ring is 1. The zero-order valence-corrected chi connectivity index (χ0v) is 37.9. The number of ketones is 2. The van der Waals surface area contributed by atoms with Crippen molar-refractivity contribution >= 4 is 34.9 Å². The van der Waals surface area contributed by atoms with Gasteiger partial charge in [0.1, 0.15) is 23.6 Å². The van der Waals surface area contributed by atoms with Gasteiger partial charge >= 0.3 is 0 Å². The summed E-state index contributed by atoms with van der Waals surface area (Å²) >= 11 is 0. The molecule has 1 saturated carbocycles. The van der Waals surface area contributed by atoms with Crippen LogP contribution in [0.4, 0.5) is 11.5 Å². The number of para-hydroxylation sites is 1. The molecule has 0 aliphatic heterocycles. The van der Waals surface area contributed by atoms with E-state index in [4.69, 9.17) is 10.5 Å². The summed E-state index contributed by atoms with van der Waals surface area (Å²) in [7, 11) is 6.20. The van der Waals surface area contributed by atoms with Crippen molar-refractivity contribution in [3.8, 4) is 16.9 Å². The Hall–Kier alpha value is -5.33. The zero-order valence-electron chi connectivity index (χ0n) is 37.9. The molecule has 0 bridgehead atoms. The SMILES string of the molecule is Cc1cc(-c2ccccc2OCc2ccc(NC(C)C(CCCCN(C)C)NC(=O)C3(C(=O)NCCCCCN(C)CCCC4=CC(=O)C=CC4=O)CCC3)cc2)c(C)nc1N. The van der Waals surface area contributed by atoms with Crippen LogP contribution in [0.25, 0.3) is 11.1 Å². The van der Waals surface area contributed by atoms with E-state index in [9.17, 15) is 19.2 Å². The van der Waals surface area contributed by atoms with Gasteiger partial charge in [-0.2, -0.15) is 0 Å². The first-order valence-electron chi connectivity index (χ1n) is 22.5. The highest BCUT2D eigenvalue weighted by Crippen LogP contribution is 2.42. The number of nitrogens with zero attached hydrogens (tertiary/aromatic N) is 3. The molecule has 5 N–H and O–H groups in total. The topological polar surface area (TPSA) is 159 Å². The van der Waals surface area contributed by atoms with E-state index in [0.29, 0.717) is 43.8 Å². The van der Waals surface area contributed by atoms with Crippen molar-refractivity contribution in [3.63, 3.8) is 0 Å². The molecule has 3 aromatic rings. The van der Waals surface area contributed by atoms with Crippen LogP contribution in [-0.4, -0.2) is 97.6 Å². The van der Waals surface area contributed by atoms with E-state index in [1.54, 1.807) is 0 Å². The molecule has 334 valence electrons. The third-order valence-corrected chi connectivity index (χ3v) is 12.2. The molecule has 2 aliphatic rings. The number of carbonyl (C=O) groups excluding carboxylic acids is 4. The van der Waals surface area contributed by atoms with E-state index >= 15 is 0 Å². The molecule has 2 aromatic carbocycles. The molecule has 2 atom stereocenters. The highest BCUT2D eigenvalue weighted by atomic mass is 16.5. The van der Waals surface area contributed by atoms with Gasteiger partial charge in [0.15, 0.2) is 11.6 Å². The molecule has 12 nitrogen and oxygen atoms in total. The lowest BCUT2D eigenvalue weighted by Crippen LogP contribution is -2.59. The number of unbranched alkanes of at least 4 members (excludes halogenated alkanes) is 3. The third-order valence-electron chi connectivity index (χ3n) is 12.2. The van der Waals surface area contributed by atoms with Crippen molar-refractivity contribution in [2.24, 2.45) is 5.41 Å². The van der Waals surface area contributed by atoms with Gasteiger partial charge in [-0.25, -0.2) is 4.98 Å². The quantitative estimate of drug-likeness (QED) is 0.0386. The summed E-state index contributed by atoms with van der Waals surface area (Å²) in [5.74, 6) is 0.775. The fourth-order valence-electron chi connectivity index (χ4n) is 8.12. The Morgan fingerprint density at radius 2 is 1.60 bits per heavy atom. The average molecular weight is 848 g/mol. The maximum absolute atomic E-state index is 14.0. The largest absolute Gasteiger partial charge is 0.488 e. The number of nitrogens with two attached hydrogens (primary N) is 1. The lowest BCUT2D eigenvalue weighted by Gasteiger charge is -2.40. The van der Waals surface area contributed by atoms with E-state index in [1.165, 1.54) is 18.2 Å². The van der Waals surface area contributed by atoms with Crippen LogP contribution in [0.3, 0.4) is 0 Å². The molecular formula is C50H69N7O5. The molecule has 1 fully saturated rings. The molecule has 0 saturated heterocycles. The molecular weight excluding hydrogens is 779 g/mol. The highest BCUT2D eigenvalue weighted by Gasteiger charge is 2.51. The number of nitrogens with one attached hydrogen (secondary N) is 3. The maximum atomic E-state index is 14.0. The van der Waals surface area contributed by atoms with Crippen LogP contribution in [0.15, 0.2) is 78.4 Å². The second-order valence-corrected chi connectivity index (χ2v) is 17.5. The van der Waals surface area contributed by atoms with Crippen molar-refractivity contribution in [1.29, 1.82) is 0 Å². The molecule has 1 aromatic heterocycles. The van der Waals surface area contributed by atoms with Crippen molar-refractivity contribution in [1.82, 2.24) is 25.4 Å². The van der Waals surface area contributed by atoms with Gasteiger partial charge in [-0.3, -0.25) is 19.2 Å². The third kappa shape index (κ3) is 13.6. The van der Waals surface area contributed by atoms with Crippen LogP contribution >= 0.6 is 0 Å². The number of ether oxygens (including phenoxy) is 1. The fraction of sp³-hybridized carbons (Fsp3) is 0.500. The number of hydrogen-bond acceptors (Lipinski definition) is 10. The summed E-state index contributed by atoms with van der Waals surface area (Å²) in [5.41, 5.74) is 11.3. The molecule has 0 radical (unpaired) electrons. The predicted molar refractivity (Wildman–Crippen MR) is 249 cm³/mol. The van der Waals surface area contributed by atoms with Gasteiger partial charge in [0.25, 0.3) is 0 Å². The lowest BCUT2D eigenvalue weighted by molar-refractivity contribution is -0.150. The fourth-order valence-corrected chi connectivity index (χ4v) is 8.12. The summed E-state index contributed by atoms with van der Waals surface area (Å²) in [6, 6.07) is 18.0. The van der Waals surface area contributed by atoms with Gasteiger partial charge in [0.05, 0.1) is 0 Å². The molecule has 62 heavy (non-hydrogen) atoms. The number of amides is 2. The van der Waals surface area contributed by atoms with Gasteiger partial charge in [-0.05, 0) is 167 Å². The van der Waals surface area contributed by atoms with E-state index in [-0.39, 0.29) is 35.5 Å². The van der Waals surface area contributed by atoms with Crippen LogP contribution in [0.5, 0.6) is 5.75 Å². The van der Waals surface area contributed by atoms with Crippen molar-refractivity contribution in [3.05, 3.63) is 95.2 Å². The Bertz CT molecular complexity index is 2060. The number of pyridine rings is 1. The summed E-state index contributed by atoms with van der Waals surface area (Å²) in [6.45, 7) is 9.66. The second kappa shape index (κ2) is 23.2. The van der Waals surface area contributed by atoms with Crippen LogP contribution in [-0.2, 0) is 25.8 Å². The zero-order chi connectivity index (χ0) is 44.6.